The number of amides is 1. The van der Waals surface area contributed by atoms with E-state index in [0.717, 1.165) is 43.4 Å². The summed E-state index contributed by atoms with van der Waals surface area (Å²) in [5.41, 5.74) is 8.09. The van der Waals surface area contributed by atoms with Crippen molar-refractivity contribution >= 4 is 5.91 Å². The molecule has 7 nitrogen and oxygen atoms in total. The average molecular weight is 441 g/mol. The van der Waals surface area contributed by atoms with Crippen LogP contribution in [0.3, 0.4) is 0 Å². The molecule has 1 amide bonds. The summed E-state index contributed by atoms with van der Waals surface area (Å²) in [6.07, 6.45) is 8.49. The molecule has 2 heterocycles. The number of halogens is 1. The van der Waals surface area contributed by atoms with Crippen LogP contribution in [0, 0.1) is 29.0 Å². The molecule has 4 unspecified atom stereocenters. The molecular formula is C24H29FN4O3. The molecule has 4 saturated carbocycles. The number of aliphatic hydroxyl groups is 2. The van der Waals surface area contributed by atoms with Gasteiger partial charge in [-0.2, -0.15) is 0 Å². The Morgan fingerprint density at radius 1 is 1.28 bits per heavy atom. The SMILES string of the molecule is O=C(CO)NNC1C2CC3CC1CC(C(O)CC1c4c(F)cccc4-c4cncn41)(C3)C2. The lowest BCUT2D eigenvalue weighted by Crippen LogP contribution is -2.63. The van der Waals surface area contributed by atoms with Gasteiger partial charge in [0.2, 0.25) is 0 Å². The standard InChI is InChI=1S/C24H29FN4O3/c25-17-3-1-2-16-19-10-26-12-29(19)18(22(16)17)6-20(31)24-7-13-4-14(8-24)23(15(5-13)9-24)28-27-21(32)11-30/h1-3,10,12-15,18,20,23,28,30-31H,4-9,11H2,(H,27,32). The van der Waals surface area contributed by atoms with Gasteiger partial charge in [0.15, 0.2) is 0 Å². The number of aromatic nitrogens is 2. The molecule has 4 atom stereocenters. The first-order valence-electron chi connectivity index (χ1n) is 11.6. The molecular weight excluding hydrogens is 411 g/mol. The van der Waals surface area contributed by atoms with Crippen LogP contribution in [0.2, 0.25) is 0 Å². The summed E-state index contributed by atoms with van der Waals surface area (Å²) in [6, 6.07) is 5.09. The number of imidazole rings is 1. The van der Waals surface area contributed by atoms with Crippen LogP contribution in [-0.2, 0) is 4.79 Å². The number of rotatable bonds is 6. The van der Waals surface area contributed by atoms with E-state index in [2.05, 4.69) is 15.8 Å². The number of hydrogen-bond acceptors (Lipinski definition) is 5. The molecule has 4 bridgehead atoms. The highest BCUT2D eigenvalue weighted by atomic mass is 19.1. The second kappa shape index (κ2) is 7.37. The predicted molar refractivity (Wildman–Crippen MR) is 115 cm³/mol. The molecule has 2 aromatic rings. The summed E-state index contributed by atoms with van der Waals surface area (Å²) < 4.78 is 16.9. The number of aliphatic hydroxyl groups excluding tert-OH is 2. The van der Waals surface area contributed by atoms with Crippen molar-refractivity contribution in [3.05, 3.63) is 42.1 Å². The van der Waals surface area contributed by atoms with E-state index in [1.165, 1.54) is 6.07 Å². The Morgan fingerprint density at radius 3 is 2.81 bits per heavy atom. The molecule has 0 radical (unpaired) electrons. The van der Waals surface area contributed by atoms with Gasteiger partial charge in [0.25, 0.3) is 5.91 Å². The van der Waals surface area contributed by atoms with Crippen LogP contribution >= 0.6 is 0 Å². The summed E-state index contributed by atoms with van der Waals surface area (Å²) >= 11 is 0. The van der Waals surface area contributed by atoms with Crippen molar-refractivity contribution in [1.29, 1.82) is 0 Å². The van der Waals surface area contributed by atoms with Gasteiger partial charge in [-0.1, -0.05) is 12.1 Å². The van der Waals surface area contributed by atoms with Crippen molar-refractivity contribution in [2.24, 2.45) is 23.2 Å². The maximum Gasteiger partial charge on any atom is 0.259 e. The number of carbonyl (C=O) groups excluding carboxylic acids is 1. The van der Waals surface area contributed by atoms with Crippen LogP contribution in [0.5, 0.6) is 0 Å². The first kappa shape index (κ1) is 20.3. The van der Waals surface area contributed by atoms with Crippen LogP contribution in [0.25, 0.3) is 11.3 Å². The first-order chi connectivity index (χ1) is 15.5. The molecule has 1 aliphatic heterocycles. The third-order valence-corrected chi connectivity index (χ3v) is 8.66. The quantitative estimate of drug-likeness (QED) is 0.516. The van der Waals surface area contributed by atoms with Crippen LogP contribution in [-0.4, -0.2) is 44.4 Å². The molecule has 5 aliphatic rings. The second-order valence-electron chi connectivity index (χ2n) is 10.4. The van der Waals surface area contributed by atoms with E-state index in [0.29, 0.717) is 29.7 Å². The van der Waals surface area contributed by atoms with Gasteiger partial charge in [0.05, 0.1) is 30.4 Å². The minimum Gasteiger partial charge on any atom is -0.392 e. The van der Waals surface area contributed by atoms with Gasteiger partial charge < -0.3 is 14.8 Å². The number of benzene rings is 1. The topological polar surface area (TPSA) is 99.4 Å². The Bertz CT molecular complexity index is 1040. The Balaban J connectivity index is 1.24. The van der Waals surface area contributed by atoms with Crippen LogP contribution < -0.4 is 10.9 Å². The normalized spacial score (nSPS) is 34.9. The highest BCUT2D eigenvalue weighted by molar-refractivity contribution is 5.76. The molecule has 7 rings (SSSR count). The summed E-state index contributed by atoms with van der Waals surface area (Å²) in [6.45, 7) is -0.532. The first-order valence-corrected chi connectivity index (χ1v) is 11.6. The Morgan fingerprint density at radius 2 is 2.06 bits per heavy atom. The second-order valence-corrected chi connectivity index (χ2v) is 10.4. The molecule has 4 N–H and O–H groups in total. The van der Waals surface area contributed by atoms with E-state index in [9.17, 15) is 14.3 Å². The fourth-order valence-corrected chi connectivity index (χ4v) is 7.63. The molecule has 0 spiro atoms. The fraction of sp³-hybridized carbons (Fsp3) is 0.583. The number of fused-ring (bicyclic) bond motifs is 3. The van der Waals surface area contributed by atoms with E-state index >= 15 is 0 Å². The molecule has 32 heavy (non-hydrogen) atoms. The Labute approximate surface area is 186 Å². The van der Waals surface area contributed by atoms with Gasteiger partial charge in [-0.3, -0.25) is 10.2 Å². The van der Waals surface area contributed by atoms with E-state index in [4.69, 9.17) is 5.11 Å². The molecule has 170 valence electrons. The molecule has 1 aromatic heterocycles. The largest absolute Gasteiger partial charge is 0.392 e. The monoisotopic (exact) mass is 440 g/mol. The number of nitrogens with zero attached hydrogens (tertiary/aromatic N) is 2. The lowest BCUT2D eigenvalue weighted by atomic mass is 9.46. The zero-order valence-electron chi connectivity index (χ0n) is 17.9. The van der Waals surface area contributed by atoms with Gasteiger partial charge in [-0.15, -0.1) is 0 Å². The number of nitrogens with one attached hydrogen (secondary N) is 2. The number of hydrazine groups is 1. The van der Waals surface area contributed by atoms with Gasteiger partial charge in [0.1, 0.15) is 12.4 Å². The maximum absolute atomic E-state index is 14.9. The number of hydrogen-bond donors (Lipinski definition) is 4. The van der Waals surface area contributed by atoms with Gasteiger partial charge in [0, 0.05) is 17.2 Å². The third kappa shape index (κ3) is 2.96. The van der Waals surface area contributed by atoms with Crippen molar-refractivity contribution < 1.29 is 19.4 Å². The van der Waals surface area contributed by atoms with Crippen LogP contribution in [0.4, 0.5) is 4.39 Å². The zero-order valence-corrected chi connectivity index (χ0v) is 17.9. The highest BCUT2D eigenvalue weighted by Gasteiger charge is 2.58. The predicted octanol–water partition coefficient (Wildman–Crippen LogP) is 2.15. The molecule has 4 aliphatic carbocycles. The maximum atomic E-state index is 14.9. The van der Waals surface area contributed by atoms with E-state index in [-0.39, 0.29) is 23.3 Å². The minimum atomic E-state index is -0.533. The lowest BCUT2D eigenvalue weighted by Gasteiger charge is -2.61. The average Bonchev–Trinajstić information content (AvgIpc) is 3.36. The summed E-state index contributed by atoms with van der Waals surface area (Å²) in [5, 5.41) is 20.6. The molecule has 4 fully saturated rings. The fourth-order valence-electron chi connectivity index (χ4n) is 7.63. The van der Waals surface area contributed by atoms with E-state index < -0.39 is 18.6 Å². The summed E-state index contributed by atoms with van der Waals surface area (Å²) in [7, 11) is 0. The van der Waals surface area contributed by atoms with Gasteiger partial charge in [-0.05, 0) is 67.8 Å². The van der Waals surface area contributed by atoms with Crippen LogP contribution in [0.15, 0.2) is 30.7 Å². The Hall–Kier alpha value is -2.29. The van der Waals surface area contributed by atoms with Crippen molar-refractivity contribution in [3.8, 4) is 11.3 Å². The smallest absolute Gasteiger partial charge is 0.259 e. The van der Waals surface area contributed by atoms with Crippen molar-refractivity contribution in [2.45, 2.75) is 56.7 Å². The minimum absolute atomic E-state index is 0.162. The summed E-state index contributed by atoms with van der Waals surface area (Å²) in [4.78, 5) is 15.8. The lowest BCUT2D eigenvalue weighted by molar-refractivity contribution is -0.143. The third-order valence-electron chi connectivity index (χ3n) is 8.66. The Kier molecular flexibility index (Phi) is 4.68. The van der Waals surface area contributed by atoms with Gasteiger partial charge in [-0.25, -0.2) is 14.8 Å². The van der Waals surface area contributed by atoms with E-state index in [1.807, 2.05) is 10.6 Å². The van der Waals surface area contributed by atoms with E-state index in [1.54, 1.807) is 18.6 Å². The zero-order chi connectivity index (χ0) is 22.0. The van der Waals surface area contributed by atoms with Crippen molar-refractivity contribution in [1.82, 2.24) is 20.4 Å². The highest BCUT2D eigenvalue weighted by Crippen LogP contribution is 2.62. The van der Waals surface area contributed by atoms with Gasteiger partial charge >= 0.3 is 0 Å². The summed E-state index contributed by atoms with van der Waals surface area (Å²) in [5.74, 6) is 0.701. The van der Waals surface area contributed by atoms with Crippen LogP contribution in [0.1, 0.15) is 50.1 Å². The number of carbonyl (C=O) groups is 1. The molecule has 8 heteroatoms. The molecule has 0 saturated heterocycles. The van der Waals surface area contributed by atoms with Crippen molar-refractivity contribution in [3.63, 3.8) is 0 Å². The van der Waals surface area contributed by atoms with Crippen molar-refractivity contribution in [2.75, 3.05) is 6.61 Å². The molecule has 1 aromatic carbocycles.